The molecular weight excluding hydrogens is 252 g/mol. The largest absolute Gasteiger partial charge is 0.324 e. The lowest BCUT2D eigenvalue weighted by atomic mass is 10.2. The second kappa shape index (κ2) is 5.57. The first kappa shape index (κ1) is 13.8. The molecular formula is C15H16N4O. The molecule has 0 unspecified atom stereocenters. The molecule has 0 saturated heterocycles. The van der Waals surface area contributed by atoms with Gasteiger partial charge in [0.1, 0.15) is 6.54 Å². The predicted molar refractivity (Wildman–Crippen MR) is 76.2 cm³/mol. The van der Waals surface area contributed by atoms with E-state index in [9.17, 15) is 4.79 Å². The van der Waals surface area contributed by atoms with Crippen LogP contribution in [0.5, 0.6) is 0 Å². The highest BCUT2D eigenvalue weighted by Gasteiger charge is 2.11. The van der Waals surface area contributed by atoms with Crippen LogP contribution in [0.3, 0.4) is 0 Å². The third kappa shape index (κ3) is 2.86. The SMILES string of the molecule is Cc1nn(CC(=O)Nc2cccc(C#N)c2)c(C)c1C. The molecule has 20 heavy (non-hydrogen) atoms. The van der Waals surface area contributed by atoms with E-state index in [1.165, 1.54) is 0 Å². The molecule has 1 aromatic carbocycles. The zero-order valence-corrected chi connectivity index (χ0v) is 11.8. The summed E-state index contributed by atoms with van der Waals surface area (Å²) >= 11 is 0. The number of carbonyl (C=O) groups is 1. The normalized spacial score (nSPS) is 10.1. The van der Waals surface area contributed by atoms with Crippen molar-refractivity contribution in [1.29, 1.82) is 5.26 Å². The van der Waals surface area contributed by atoms with Crippen LogP contribution >= 0.6 is 0 Å². The number of nitrogens with one attached hydrogen (secondary N) is 1. The van der Waals surface area contributed by atoms with Crippen molar-refractivity contribution in [1.82, 2.24) is 9.78 Å². The monoisotopic (exact) mass is 268 g/mol. The van der Waals surface area contributed by atoms with Crippen LogP contribution in [0.25, 0.3) is 0 Å². The molecule has 5 heteroatoms. The lowest BCUT2D eigenvalue weighted by Gasteiger charge is -2.07. The van der Waals surface area contributed by atoms with Crippen LogP contribution in [0.15, 0.2) is 24.3 Å². The summed E-state index contributed by atoms with van der Waals surface area (Å²) in [7, 11) is 0. The number of aryl methyl sites for hydroxylation is 1. The number of nitrogens with zero attached hydrogens (tertiary/aromatic N) is 3. The number of rotatable bonds is 3. The van der Waals surface area contributed by atoms with Gasteiger partial charge < -0.3 is 5.32 Å². The summed E-state index contributed by atoms with van der Waals surface area (Å²) in [4.78, 5) is 12.0. The van der Waals surface area contributed by atoms with Crippen LogP contribution in [-0.4, -0.2) is 15.7 Å². The fraction of sp³-hybridized carbons (Fsp3) is 0.267. The Hall–Kier alpha value is -2.61. The van der Waals surface area contributed by atoms with E-state index in [-0.39, 0.29) is 12.5 Å². The molecule has 0 aliphatic rings. The van der Waals surface area contributed by atoms with Gasteiger partial charge in [-0.25, -0.2) is 0 Å². The molecule has 0 aliphatic carbocycles. The highest BCUT2D eigenvalue weighted by Crippen LogP contribution is 2.12. The van der Waals surface area contributed by atoms with Crippen molar-refractivity contribution in [3.8, 4) is 6.07 Å². The van der Waals surface area contributed by atoms with E-state index in [0.717, 1.165) is 17.0 Å². The Balaban J connectivity index is 2.09. The lowest BCUT2D eigenvalue weighted by Crippen LogP contribution is -2.20. The maximum absolute atomic E-state index is 12.0. The van der Waals surface area contributed by atoms with E-state index in [1.54, 1.807) is 28.9 Å². The topological polar surface area (TPSA) is 70.7 Å². The standard InChI is InChI=1S/C15H16N4O/c1-10-11(2)18-19(12(10)3)9-15(20)17-14-6-4-5-13(7-14)8-16/h4-7H,9H2,1-3H3,(H,17,20). The highest BCUT2D eigenvalue weighted by atomic mass is 16.2. The molecule has 1 aromatic heterocycles. The smallest absolute Gasteiger partial charge is 0.246 e. The number of hydrogen-bond donors (Lipinski definition) is 1. The van der Waals surface area contributed by atoms with E-state index >= 15 is 0 Å². The number of amides is 1. The molecule has 0 radical (unpaired) electrons. The van der Waals surface area contributed by atoms with Gasteiger partial charge in [0.05, 0.1) is 17.3 Å². The Morgan fingerprint density at radius 1 is 1.40 bits per heavy atom. The molecule has 0 saturated carbocycles. The van der Waals surface area contributed by atoms with Crippen LogP contribution in [-0.2, 0) is 11.3 Å². The van der Waals surface area contributed by atoms with Gasteiger partial charge in [0.25, 0.3) is 0 Å². The van der Waals surface area contributed by atoms with Crippen LogP contribution in [0.2, 0.25) is 0 Å². The number of benzene rings is 1. The van der Waals surface area contributed by atoms with Crippen LogP contribution in [0.1, 0.15) is 22.5 Å². The van der Waals surface area contributed by atoms with E-state index in [0.29, 0.717) is 11.3 Å². The van der Waals surface area contributed by atoms with E-state index in [4.69, 9.17) is 5.26 Å². The summed E-state index contributed by atoms with van der Waals surface area (Å²) in [6.45, 7) is 6.02. The predicted octanol–water partition coefficient (Wildman–Crippen LogP) is 2.32. The number of anilines is 1. The van der Waals surface area contributed by atoms with E-state index < -0.39 is 0 Å². The number of hydrogen-bond acceptors (Lipinski definition) is 3. The summed E-state index contributed by atoms with van der Waals surface area (Å²) < 4.78 is 1.69. The molecule has 2 aromatic rings. The number of nitriles is 1. The average Bonchev–Trinajstić information content (AvgIpc) is 2.66. The minimum Gasteiger partial charge on any atom is -0.324 e. The molecule has 1 heterocycles. The van der Waals surface area contributed by atoms with Crippen LogP contribution in [0.4, 0.5) is 5.69 Å². The van der Waals surface area contributed by atoms with Gasteiger partial charge in [-0.3, -0.25) is 9.48 Å². The average molecular weight is 268 g/mol. The summed E-state index contributed by atoms with van der Waals surface area (Å²) in [5.41, 5.74) is 4.16. The number of carbonyl (C=O) groups excluding carboxylic acids is 1. The zero-order valence-electron chi connectivity index (χ0n) is 11.8. The van der Waals surface area contributed by atoms with Crippen molar-refractivity contribution < 1.29 is 4.79 Å². The maximum atomic E-state index is 12.0. The molecule has 1 amide bonds. The Bertz CT molecular complexity index is 694. The summed E-state index contributed by atoms with van der Waals surface area (Å²) in [6.07, 6.45) is 0. The van der Waals surface area contributed by atoms with Crippen LogP contribution in [0, 0.1) is 32.1 Å². The molecule has 0 fully saturated rings. The molecule has 102 valence electrons. The summed E-state index contributed by atoms with van der Waals surface area (Å²) in [6, 6.07) is 8.87. The summed E-state index contributed by atoms with van der Waals surface area (Å²) in [5, 5.41) is 15.9. The third-order valence-electron chi connectivity index (χ3n) is 3.31. The molecule has 1 N–H and O–H groups in total. The first-order valence-electron chi connectivity index (χ1n) is 6.32. The van der Waals surface area contributed by atoms with Crippen molar-refractivity contribution >= 4 is 11.6 Å². The van der Waals surface area contributed by atoms with Gasteiger partial charge in [0, 0.05) is 11.4 Å². The van der Waals surface area contributed by atoms with Crippen molar-refractivity contribution in [3.63, 3.8) is 0 Å². The van der Waals surface area contributed by atoms with Crippen molar-refractivity contribution in [2.45, 2.75) is 27.3 Å². The molecule has 0 aliphatic heterocycles. The molecule has 5 nitrogen and oxygen atoms in total. The molecule has 0 bridgehead atoms. The first-order chi connectivity index (χ1) is 9.51. The van der Waals surface area contributed by atoms with Gasteiger partial charge in [0.2, 0.25) is 5.91 Å². The van der Waals surface area contributed by atoms with Crippen molar-refractivity contribution in [3.05, 3.63) is 46.8 Å². The maximum Gasteiger partial charge on any atom is 0.246 e. The van der Waals surface area contributed by atoms with Gasteiger partial charge in [-0.15, -0.1) is 0 Å². The third-order valence-corrected chi connectivity index (χ3v) is 3.31. The van der Waals surface area contributed by atoms with Gasteiger partial charge in [-0.1, -0.05) is 6.07 Å². The van der Waals surface area contributed by atoms with Gasteiger partial charge in [-0.2, -0.15) is 10.4 Å². The second-order valence-corrected chi connectivity index (χ2v) is 4.69. The Kier molecular flexibility index (Phi) is 3.85. The van der Waals surface area contributed by atoms with Gasteiger partial charge >= 0.3 is 0 Å². The zero-order chi connectivity index (χ0) is 14.7. The second-order valence-electron chi connectivity index (χ2n) is 4.69. The van der Waals surface area contributed by atoms with Crippen LogP contribution < -0.4 is 5.32 Å². The lowest BCUT2D eigenvalue weighted by molar-refractivity contribution is -0.116. The molecule has 2 rings (SSSR count). The van der Waals surface area contributed by atoms with Gasteiger partial charge in [-0.05, 0) is 44.5 Å². The van der Waals surface area contributed by atoms with E-state index in [2.05, 4.69) is 10.4 Å². The van der Waals surface area contributed by atoms with Gasteiger partial charge in [0.15, 0.2) is 0 Å². The Labute approximate surface area is 117 Å². The molecule has 0 atom stereocenters. The minimum atomic E-state index is -0.161. The van der Waals surface area contributed by atoms with E-state index in [1.807, 2.05) is 26.8 Å². The Morgan fingerprint density at radius 2 is 2.15 bits per heavy atom. The first-order valence-corrected chi connectivity index (χ1v) is 6.32. The summed E-state index contributed by atoms with van der Waals surface area (Å²) in [5.74, 6) is -0.161. The number of aromatic nitrogens is 2. The fourth-order valence-corrected chi connectivity index (χ4v) is 1.94. The van der Waals surface area contributed by atoms with Crippen molar-refractivity contribution in [2.75, 3.05) is 5.32 Å². The van der Waals surface area contributed by atoms with Crippen molar-refractivity contribution in [2.24, 2.45) is 0 Å². The highest BCUT2D eigenvalue weighted by molar-refractivity contribution is 5.90. The Morgan fingerprint density at radius 3 is 2.75 bits per heavy atom. The quantitative estimate of drug-likeness (QED) is 0.928. The minimum absolute atomic E-state index is 0.161. The molecule has 0 spiro atoms. The fourth-order valence-electron chi connectivity index (χ4n) is 1.94.